The first-order valence-corrected chi connectivity index (χ1v) is 8.14. The van der Waals surface area contributed by atoms with Gasteiger partial charge in [-0.05, 0) is 57.6 Å². The Labute approximate surface area is 136 Å². The second-order valence-corrected chi connectivity index (χ2v) is 6.51. The van der Waals surface area contributed by atoms with Crippen LogP contribution in [-0.2, 0) is 0 Å². The molecule has 4 heterocycles. The normalized spacial score (nSPS) is 17.0. The second-order valence-electron chi connectivity index (χ2n) is 6.51. The topological polar surface area (TPSA) is 46.8 Å². The molecule has 23 heavy (non-hydrogen) atoms. The van der Waals surface area contributed by atoms with Gasteiger partial charge in [-0.3, -0.25) is 4.98 Å². The molecular formula is C18H21N5. The van der Waals surface area contributed by atoms with Crippen LogP contribution in [0.15, 0.2) is 36.9 Å². The predicted molar refractivity (Wildman–Crippen MR) is 91.3 cm³/mol. The molecule has 4 rings (SSSR count). The van der Waals surface area contributed by atoms with Crippen molar-refractivity contribution in [3.05, 3.63) is 42.5 Å². The van der Waals surface area contributed by atoms with E-state index in [1.54, 1.807) is 0 Å². The molecule has 0 aromatic carbocycles. The molecule has 0 saturated carbocycles. The smallest absolute Gasteiger partial charge is 0.158 e. The summed E-state index contributed by atoms with van der Waals surface area (Å²) in [5.74, 6) is 0. The van der Waals surface area contributed by atoms with Crippen molar-refractivity contribution in [2.75, 3.05) is 20.1 Å². The zero-order valence-electron chi connectivity index (χ0n) is 13.6. The fourth-order valence-corrected chi connectivity index (χ4v) is 3.32. The molecule has 0 aliphatic carbocycles. The fourth-order valence-electron chi connectivity index (χ4n) is 3.32. The largest absolute Gasteiger partial charge is 0.306 e. The van der Waals surface area contributed by atoms with E-state index in [-0.39, 0.29) is 0 Å². The van der Waals surface area contributed by atoms with Gasteiger partial charge < -0.3 is 4.90 Å². The number of rotatable bonds is 2. The lowest BCUT2D eigenvalue weighted by molar-refractivity contribution is 0.215. The van der Waals surface area contributed by atoms with Crippen molar-refractivity contribution in [3.63, 3.8) is 0 Å². The Kier molecular flexibility index (Phi) is 3.58. The number of nitrogens with zero attached hydrogens (tertiary/aromatic N) is 5. The van der Waals surface area contributed by atoms with Crippen molar-refractivity contribution in [2.45, 2.75) is 25.8 Å². The van der Waals surface area contributed by atoms with Gasteiger partial charge in [-0.2, -0.15) is 5.10 Å². The molecule has 1 saturated heterocycles. The maximum absolute atomic E-state index is 4.70. The average Bonchev–Trinajstić information content (AvgIpc) is 2.99. The van der Waals surface area contributed by atoms with Gasteiger partial charge in [0.15, 0.2) is 5.65 Å². The van der Waals surface area contributed by atoms with E-state index < -0.39 is 0 Å². The molecule has 0 unspecified atom stereocenters. The number of hydrogen-bond donors (Lipinski definition) is 0. The Hall–Kier alpha value is -2.27. The highest BCUT2D eigenvalue weighted by Gasteiger charge is 2.21. The first-order chi connectivity index (χ1) is 11.2. The SMILES string of the molecule is Cc1cncc(-c2cnc3c(cnn3C3CCN(C)CC3)c2)c1. The fraction of sp³-hybridized carbons (Fsp3) is 0.389. The van der Waals surface area contributed by atoms with Crippen molar-refractivity contribution in [3.8, 4) is 11.1 Å². The van der Waals surface area contributed by atoms with E-state index in [0.717, 1.165) is 53.7 Å². The van der Waals surface area contributed by atoms with Gasteiger partial charge in [0.25, 0.3) is 0 Å². The van der Waals surface area contributed by atoms with Gasteiger partial charge in [-0.15, -0.1) is 0 Å². The minimum absolute atomic E-state index is 0.461. The summed E-state index contributed by atoms with van der Waals surface area (Å²) >= 11 is 0. The molecule has 0 amide bonds. The molecule has 1 fully saturated rings. The molecule has 118 valence electrons. The number of fused-ring (bicyclic) bond motifs is 1. The van der Waals surface area contributed by atoms with Gasteiger partial charge in [-0.1, -0.05) is 0 Å². The van der Waals surface area contributed by atoms with Crippen molar-refractivity contribution in [1.29, 1.82) is 0 Å². The Morgan fingerprint density at radius 2 is 1.78 bits per heavy atom. The van der Waals surface area contributed by atoms with Gasteiger partial charge in [0.2, 0.25) is 0 Å². The van der Waals surface area contributed by atoms with Gasteiger partial charge in [0, 0.05) is 35.1 Å². The highest BCUT2D eigenvalue weighted by molar-refractivity contribution is 5.80. The second kappa shape index (κ2) is 5.74. The van der Waals surface area contributed by atoms with Crippen LogP contribution in [0.3, 0.4) is 0 Å². The van der Waals surface area contributed by atoms with Crippen LogP contribution in [0.2, 0.25) is 0 Å². The molecule has 0 spiro atoms. The Morgan fingerprint density at radius 3 is 2.57 bits per heavy atom. The number of likely N-dealkylation sites (tertiary alicyclic amines) is 1. The molecule has 1 aliphatic heterocycles. The summed E-state index contributed by atoms with van der Waals surface area (Å²) in [4.78, 5) is 11.3. The van der Waals surface area contributed by atoms with Crippen molar-refractivity contribution >= 4 is 11.0 Å². The van der Waals surface area contributed by atoms with Crippen LogP contribution in [0.1, 0.15) is 24.4 Å². The molecule has 0 bridgehead atoms. The molecule has 0 radical (unpaired) electrons. The summed E-state index contributed by atoms with van der Waals surface area (Å²) in [6, 6.07) is 4.76. The van der Waals surface area contributed by atoms with E-state index in [1.807, 2.05) is 24.8 Å². The lowest BCUT2D eigenvalue weighted by Crippen LogP contribution is -2.31. The number of aryl methyl sites for hydroxylation is 1. The Bertz CT molecular complexity index is 830. The average molecular weight is 307 g/mol. The summed E-state index contributed by atoms with van der Waals surface area (Å²) in [6.07, 6.45) is 9.90. The van der Waals surface area contributed by atoms with E-state index in [9.17, 15) is 0 Å². The zero-order valence-corrected chi connectivity index (χ0v) is 13.6. The Morgan fingerprint density at radius 1 is 1.00 bits per heavy atom. The standard InChI is InChI=1S/C18H21N5/c1-13-7-14(10-19-9-13)15-8-16-12-21-23(18(16)20-11-15)17-3-5-22(2)6-4-17/h7-12,17H,3-6H2,1-2H3. The third-order valence-electron chi connectivity index (χ3n) is 4.68. The maximum Gasteiger partial charge on any atom is 0.158 e. The molecule has 0 N–H and O–H groups in total. The molecular weight excluding hydrogens is 286 g/mol. The van der Waals surface area contributed by atoms with Crippen LogP contribution in [0.4, 0.5) is 0 Å². The van der Waals surface area contributed by atoms with E-state index >= 15 is 0 Å². The minimum atomic E-state index is 0.461. The lowest BCUT2D eigenvalue weighted by Gasteiger charge is -2.29. The van der Waals surface area contributed by atoms with Gasteiger partial charge in [-0.25, -0.2) is 9.67 Å². The monoisotopic (exact) mass is 307 g/mol. The Balaban J connectivity index is 1.69. The maximum atomic E-state index is 4.70. The summed E-state index contributed by atoms with van der Waals surface area (Å²) in [5, 5.41) is 5.72. The quantitative estimate of drug-likeness (QED) is 0.730. The highest BCUT2D eigenvalue weighted by Crippen LogP contribution is 2.27. The van der Waals surface area contributed by atoms with E-state index in [1.165, 1.54) is 0 Å². The summed E-state index contributed by atoms with van der Waals surface area (Å²) < 4.78 is 2.11. The third-order valence-corrected chi connectivity index (χ3v) is 4.68. The van der Waals surface area contributed by atoms with Crippen molar-refractivity contribution < 1.29 is 0 Å². The highest BCUT2D eigenvalue weighted by atomic mass is 15.3. The number of pyridine rings is 2. The first-order valence-electron chi connectivity index (χ1n) is 8.14. The lowest BCUT2D eigenvalue weighted by atomic mass is 10.1. The number of aromatic nitrogens is 4. The van der Waals surface area contributed by atoms with Crippen LogP contribution >= 0.6 is 0 Å². The van der Waals surface area contributed by atoms with E-state index in [4.69, 9.17) is 4.98 Å². The van der Waals surface area contributed by atoms with Crippen LogP contribution in [-0.4, -0.2) is 44.8 Å². The first kappa shape index (κ1) is 14.3. The third kappa shape index (κ3) is 2.72. The van der Waals surface area contributed by atoms with Crippen LogP contribution in [0.5, 0.6) is 0 Å². The van der Waals surface area contributed by atoms with E-state index in [0.29, 0.717) is 6.04 Å². The molecule has 5 nitrogen and oxygen atoms in total. The summed E-state index contributed by atoms with van der Waals surface area (Å²) in [6.45, 7) is 4.30. The van der Waals surface area contributed by atoms with Crippen LogP contribution < -0.4 is 0 Å². The van der Waals surface area contributed by atoms with Crippen LogP contribution in [0, 0.1) is 6.92 Å². The summed E-state index contributed by atoms with van der Waals surface area (Å²) in [5.41, 5.74) is 4.34. The summed E-state index contributed by atoms with van der Waals surface area (Å²) in [7, 11) is 2.18. The van der Waals surface area contributed by atoms with E-state index in [2.05, 4.69) is 45.8 Å². The molecule has 3 aromatic rings. The number of hydrogen-bond acceptors (Lipinski definition) is 4. The van der Waals surface area contributed by atoms with Gasteiger partial charge in [0.1, 0.15) is 0 Å². The molecule has 3 aromatic heterocycles. The number of piperidine rings is 1. The zero-order chi connectivity index (χ0) is 15.8. The van der Waals surface area contributed by atoms with Crippen molar-refractivity contribution in [2.24, 2.45) is 0 Å². The molecule has 1 aliphatic rings. The van der Waals surface area contributed by atoms with Gasteiger partial charge >= 0.3 is 0 Å². The van der Waals surface area contributed by atoms with Crippen molar-refractivity contribution in [1.82, 2.24) is 24.6 Å². The molecule has 0 atom stereocenters. The molecule has 5 heteroatoms. The minimum Gasteiger partial charge on any atom is -0.306 e. The van der Waals surface area contributed by atoms with Crippen LogP contribution in [0.25, 0.3) is 22.2 Å². The van der Waals surface area contributed by atoms with Gasteiger partial charge in [0.05, 0.1) is 12.2 Å². The predicted octanol–water partition coefficient (Wildman–Crippen LogP) is 3.07.